The summed E-state index contributed by atoms with van der Waals surface area (Å²) in [7, 11) is 0. The third-order valence-corrected chi connectivity index (χ3v) is 3.96. The normalized spacial score (nSPS) is 12.4. The first kappa shape index (κ1) is 15.8. The summed E-state index contributed by atoms with van der Waals surface area (Å²) in [4.78, 5) is 8.67. The zero-order valence-electron chi connectivity index (χ0n) is 11.0. The summed E-state index contributed by atoms with van der Waals surface area (Å²) in [5, 5.41) is 14.8. The molecule has 2 rings (SSSR count). The van der Waals surface area contributed by atoms with Gasteiger partial charge in [0.2, 0.25) is 10.3 Å². The lowest BCUT2D eigenvalue weighted by atomic mass is 10.2. The zero-order valence-corrected chi connectivity index (χ0v) is 12.6. The monoisotopic (exact) mass is 334 g/mol. The van der Waals surface area contributed by atoms with Gasteiger partial charge in [0.25, 0.3) is 0 Å². The maximum Gasteiger partial charge on any atom is 0.233 e. The Hall–Kier alpha value is -2.60. The van der Waals surface area contributed by atoms with Crippen molar-refractivity contribution in [3.05, 3.63) is 24.3 Å². The molecule has 0 saturated heterocycles. The van der Waals surface area contributed by atoms with Gasteiger partial charge in [-0.25, -0.2) is 21.0 Å². The van der Waals surface area contributed by atoms with Crippen molar-refractivity contribution in [3.63, 3.8) is 0 Å². The van der Waals surface area contributed by atoms with Crippen LogP contribution in [0.3, 0.4) is 0 Å². The Balaban J connectivity index is 2.52. The number of benzene rings is 1. The van der Waals surface area contributed by atoms with Gasteiger partial charge in [-0.3, -0.25) is 0 Å². The van der Waals surface area contributed by atoms with Crippen LogP contribution in [0.1, 0.15) is 0 Å². The second-order valence-electron chi connectivity index (χ2n) is 3.58. The Kier molecular flexibility index (Phi) is 5.32. The Morgan fingerprint density at radius 2 is 1.59 bits per heavy atom. The number of fused-ring (bicyclic) bond motifs is 1. The van der Waals surface area contributed by atoms with E-state index in [0.717, 1.165) is 28.9 Å². The molecule has 1 aromatic carbocycles. The van der Waals surface area contributed by atoms with Gasteiger partial charge in [-0.1, -0.05) is 18.2 Å². The van der Waals surface area contributed by atoms with E-state index >= 15 is 0 Å². The van der Waals surface area contributed by atoms with E-state index in [9.17, 15) is 0 Å². The van der Waals surface area contributed by atoms with Gasteiger partial charge < -0.3 is 11.7 Å². The number of rotatable bonds is 2. The average molecular weight is 334 g/mol. The second kappa shape index (κ2) is 7.42. The maximum absolute atomic E-state index is 7.01. The van der Waals surface area contributed by atoms with E-state index in [4.69, 9.17) is 22.7 Å². The first-order valence-corrected chi connectivity index (χ1v) is 7.28. The van der Waals surface area contributed by atoms with E-state index in [2.05, 4.69) is 30.4 Å². The SMILES string of the molecule is N=NC(=NN)Sc1nc(SC(N=N)=NN)c2ccccc2n1. The molecule has 0 spiro atoms. The van der Waals surface area contributed by atoms with Crippen molar-refractivity contribution in [2.24, 2.45) is 32.1 Å². The molecule has 22 heavy (non-hydrogen) atoms. The smallest absolute Gasteiger partial charge is 0.233 e. The molecule has 2 aromatic rings. The minimum atomic E-state index is 0.0177. The number of thioether (sulfide) groups is 2. The van der Waals surface area contributed by atoms with Crippen LogP contribution in [0.25, 0.3) is 10.9 Å². The fourth-order valence-corrected chi connectivity index (χ4v) is 2.76. The summed E-state index contributed by atoms with van der Waals surface area (Å²) in [6.45, 7) is 0. The van der Waals surface area contributed by atoms with Crippen LogP contribution >= 0.6 is 23.5 Å². The fourth-order valence-electron chi connectivity index (χ4n) is 1.47. The van der Waals surface area contributed by atoms with Crippen LogP contribution in [0.2, 0.25) is 0 Å². The first-order chi connectivity index (χ1) is 10.7. The number of hydrazone groups is 2. The Morgan fingerprint density at radius 3 is 2.23 bits per heavy atom. The van der Waals surface area contributed by atoms with Crippen LogP contribution in [-0.2, 0) is 0 Å². The maximum atomic E-state index is 7.01. The molecule has 0 fully saturated rings. The van der Waals surface area contributed by atoms with Crippen LogP contribution in [0.4, 0.5) is 0 Å². The van der Waals surface area contributed by atoms with Crippen molar-refractivity contribution >= 4 is 44.8 Å². The highest BCUT2D eigenvalue weighted by atomic mass is 32.2. The number of nitrogens with one attached hydrogen (secondary N) is 2. The van der Waals surface area contributed by atoms with E-state index in [1.165, 1.54) is 0 Å². The molecule has 0 radical (unpaired) electrons. The van der Waals surface area contributed by atoms with Gasteiger partial charge >= 0.3 is 0 Å². The molecule has 12 heteroatoms. The summed E-state index contributed by atoms with van der Waals surface area (Å²) in [5.74, 6) is 10.3. The molecule has 0 saturated carbocycles. The lowest BCUT2D eigenvalue weighted by molar-refractivity contribution is 0.936. The minimum absolute atomic E-state index is 0.0177. The van der Waals surface area contributed by atoms with Gasteiger partial charge in [0.15, 0.2) is 5.16 Å². The van der Waals surface area contributed by atoms with Gasteiger partial charge in [0, 0.05) is 5.39 Å². The van der Waals surface area contributed by atoms with Crippen LogP contribution < -0.4 is 11.7 Å². The lowest BCUT2D eigenvalue weighted by Gasteiger charge is -2.06. The first-order valence-electron chi connectivity index (χ1n) is 5.65. The largest absolute Gasteiger partial charge is 0.321 e. The standard InChI is InChI=1S/C10H10N10S2/c11-17-9(18-12)21-7-5-3-1-2-4-6(5)15-8(16-7)22-10(19-13)20-14/h1-4,11,13H,12,14H2. The van der Waals surface area contributed by atoms with Crippen molar-refractivity contribution in [1.29, 1.82) is 11.1 Å². The molecule has 0 unspecified atom stereocenters. The lowest BCUT2D eigenvalue weighted by Crippen LogP contribution is -1.99. The number of aromatic nitrogens is 2. The number of amidine groups is 2. The summed E-state index contributed by atoms with van der Waals surface area (Å²) in [5.41, 5.74) is 14.6. The van der Waals surface area contributed by atoms with Crippen molar-refractivity contribution in [1.82, 2.24) is 9.97 Å². The molecular weight excluding hydrogens is 324 g/mol. The van der Waals surface area contributed by atoms with Gasteiger partial charge in [0.1, 0.15) is 5.03 Å². The Morgan fingerprint density at radius 1 is 0.955 bits per heavy atom. The summed E-state index contributed by atoms with van der Waals surface area (Å²) in [6.07, 6.45) is 0. The summed E-state index contributed by atoms with van der Waals surface area (Å²) >= 11 is 1.98. The van der Waals surface area contributed by atoms with E-state index in [-0.39, 0.29) is 10.3 Å². The highest BCUT2D eigenvalue weighted by molar-refractivity contribution is 8.14. The Bertz CT molecular complexity index is 771. The van der Waals surface area contributed by atoms with Crippen molar-refractivity contribution in [2.75, 3.05) is 0 Å². The number of para-hydroxylation sites is 1. The van der Waals surface area contributed by atoms with Crippen molar-refractivity contribution in [2.45, 2.75) is 10.2 Å². The fraction of sp³-hybridized carbons (Fsp3) is 0. The third-order valence-electron chi connectivity index (χ3n) is 2.33. The van der Waals surface area contributed by atoms with Gasteiger partial charge in [0.05, 0.1) is 5.52 Å². The van der Waals surface area contributed by atoms with Crippen molar-refractivity contribution in [3.8, 4) is 0 Å². The second-order valence-corrected chi connectivity index (χ2v) is 5.47. The van der Waals surface area contributed by atoms with Crippen molar-refractivity contribution < 1.29 is 0 Å². The summed E-state index contributed by atoms with van der Waals surface area (Å²) < 4.78 is 0. The Labute approximate surface area is 132 Å². The highest BCUT2D eigenvalue weighted by Gasteiger charge is 2.13. The van der Waals surface area contributed by atoms with E-state index < -0.39 is 0 Å². The number of hydrogen-bond acceptors (Lipinski definition) is 10. The van der Waals surface area contributed by atoms with Gasteiger partial charge in [-0.15, -0.1) is 10.2 Å². The predicted molar refractivity (Wildman–Crippen MR) is 84.8 cm³/mol. The third kappa shape index (κ3) is 3.53. The number of hydrogen-bond donors (Lipinski definition) is 4. The molecule has 1 aromatic heterocycles. The molecule has 0 aliphatic heterocycles. The topological polar surface area (TPSA) is 175 Å². The molecule has 112 valence electrons. The molecule has 0 atom stereocenters. The predicted octanol–water partition coefficient (Wildman–Crippen LogP) is 2.34. The van der Waals surface area contributed by atoms with Gasteiger partial charge in [-0.05, 0) is 29.6 Å². The van der Waals surface area contributed by atoms with Crippen LogP contribution in [-0.4, -0.2) is 20.3 Å². The van der Waals surface area contributed by atoms with E-state index in [1.807, 2.05) is 18.2 Å². The van der Waals surface area contributed by atoms with Crippen LogP contribution in [0, 0.1) is 11.1 Å². The molecule has 6 N–H and O–H groups in total. The molecule has 0 bridgehead atoms. The van der Waals surface area contributed by atoms with E-state index in [1.54, 1.807) is 6.07 Å². The van der Waals surface area contributed by atoms with Gasteiger partial charge in [-0.2, -0.15) is 10.2 Å². The number of nitrogens with zero attached hydrogens (tertiary/aromatic N) is 6. The number of nitrogens with two attached hydrogens (primary N) is 2. The highest BCUT2D eigenvalue weighted by Crippen LogP contribution is 2.29. The quantitative estimate of drug-likeness (QED) is 0.0957. The molecular formula is C10H10N10S2. The minimum Gasteiger partial charge on any atom is -0.321 e. The van der Waals surface area contributed by atoms with Crippen LogP contribution in [0.15, 0.2) is 54.9 Å². The molecule has 0 aliphatic rings. The van der Waals surface area contributed by atoms with Crippen LogP contribution in [0.5, 0.6) is 0 Å². The summed E-state index contributed by atoms with van der Waals surface area (Å²) in [6, 6.07) is 7.31. The van der Waals surface area contributed by atoms with E-state index in [0.29, 0.717) is 15.7 Å². The molecule has 10 nitrogen and oxygen atoms in total. The molecule has 0 amide bonds. The molecule has 1 heterocycles. The average Bonchev–Trinajstić information content (AvgIpc) is 2.57. The zero-order chi connectivity index (χ0) is 15.9. The molecule has 0 aliphatic carbocycles.